The van der Waals surface area contributed by atoms with Crippen LogP contribution in [-0.2, 0) is 0 Å². The summed E-state index contributed by atoms with van der Waals surface area (Å²) in [5.74, 6) is 0. The largest absolute Gasteiger partial charge is 0.320 e. The van der Waals surface area contributed by atoms with Crippen molar-refractivity contribution in [1.82, 2.24) is 4.98 Å². The first-order valence-electron chi connectivity index (χ1n) is 5.42. The molecule has 16 heavy (non-hydrogen) atoms. The van der Waals surface area contributed by atoms with Crippen LogP contribution in [0.1, 0.15) is 28.4 Å². The molecule has 1 heterocycles. The second kappa shape index (κ2) is 4.45. The zero-order valence-corrected chi connectivity index (χ0v) is 9.64. The van der Waals surface area contributed by atoms with Gasteiger partial charge < -0.3 is 5.73 Å². The van der Waals surface area contributed by atoms with Gasteiger partial charge >= 0.3 is 0 Å². The van der Waals surface area contributed by atoms with Crippen LogP contribution in [0.4, 0.5) is 0 Å². The summed E-state index contributed by atoms with van der Waals surface area (Å²) < 4.78 is 0. The number of nitrogens with two attached hydrogens (primary N) is 1. The van der Waals surface area contributed by atoms with Crippen molar-refractivity contribution in [3.05, 3.63) is 65.0 Å². The third-order valence-electron chi connectivity index (χ3n) is 2.80. The quantitative estimate of drug-likeness (QED) is 0.831. The Labute approximate surface area is 96.1 Å². The molecule has 0 radical (unpaired) electrons. The van der Waals surface area contributed by atoms with E-state index >= 15 is 0 Å². The van der Waals surface area contributed by atoms with E-state index in [0.717, 1.165) is 11.3 Å². The maximum Gasteiger partial charge on any atom is 0.0555 e. The molecule has 0 saturated carbocycles. The van der Waals surface area contributed by atoms with Crippen LogP contribution in [0.25, 0.3) is 0 Å². The highest BCUT2D eigenvalue weighted by Crippen LogP contribution is 2.22. The zero-order valence-electron chi connectivity index (χ0n) is 9.64. The Hall–Kier alpha value is -1.67. The maximum atomic E-state index is 6.26. The van der Waals surface area contributed by atoms with Crippen LogP contribution in [0, 0.1) is 13.8 Å². The Bertz CT molecular complexity index is 492. The Balaban J connectivity index is 2.39. The van der Waals surface area contributed by atoms with E-state index in [0.29, 0.717) is 0 Å². The van der Waals surface area contributed by atoms with Gasteiger partial charge in [0.15, 0.2) is 0 Å². The number of nitrogens with zero attached hydrogens (tertiary/aromatic N) is 1. The van der Waals surface area contributed by atoms with Crippen LogP contribution >= 0.6 is 0 Å². The molecular formula is C14H16N2. The fourth-order valence-electron chi connectivity index (χ4n) is 1.88. The van der Waals surface area contributed by atoms with E-state index in [2.05, 4.69) is 24.0 Å². The average molecular weight is 212 g/mol. The predicted molar refractivity (Wildman–Crippen MR) is 66.2 cm³/mol. The van der Waals surface area contributed by atoms with E-state index in [-0.39, 0.29) is 6.04 Å². The fraction of sp³-hybridized carbons (Fsp3) is 0.214. The lowest BCUT2D eigenvalue weighted by molar-refractivity contribution is 0.855. The summed E-state index contributed by atoms with van der Waals surface area (Å²) in [6.07, 6.45) is 1.81. The highest BCUT2D eigenvalue weighted by molar-refractivity contribution is 5.36. The van der Waals surface area contributed by atoms with Crippen LogP contribution in [0.5, 0.6) is 0 Å². The minimum absolute atomic E-state index is 0.0668. The smallest absolute Gasteiger partial charge is 0.0555 e. The molecule has 0 fully saturated rings. The molecule has 1 aromatic carbocycles. The summed E-state index contributed by atoms with van der Waals surface area (Å²) in [4.78, 5) is 4.18. The van der Waals surface area contributed by atoms with Gasteiger partial charge in [0.1, 0.15) is 0 Å². The van der Waals surface area contributed by atoms with Crippen LogP contribution in [0.2, 0.25) is 0 Å². The molecule has 1 unspecified atom stereocenters. The molecule has 1 atom stereocenters. The number of rotatable bonds is 2. The summed E-state index contributed by atoms with van der Waals surface area (Å²) in [6.45, 7) is 4.07. The lowest BCUT2D eigenvalue weighted by Gasteiger charge is -2.15. The minimum atomic E-state index is -0.0668. The van der Waals surface area contributed by atoms with E-state index in [1.165, 1.54) is 11.1 Å². The van der Waals surface area contributed by atoms with E-state index in [1.807, 2.05) is 37.4 Å². The summed E-state index contributed by atoms with van der Waals surface area (Å²) in [5.41, 5.74) is 10.8. The molecule has 0 aliphatic heterocycles. The number of hydrogen-bond donors (Lipinski definition) is 1. The number of aryl methyl sites for hydroxylation is 2. The van der Waals surface area contributed by atoms with E-state index in [4.69, 9.17) is 5.73 Å². The lowest BCUT2D eigenvalue weighted by atomic mass is 9.96. The summed E-state index contributed by atoms with van der Waals surface area (Å²) in [5, 5.41) is 0. The van der Waals surface area contributed by atoms with Crippen molar-refractivity contribution >= 4 is 0 Å². The minimum Gasteiger partial charge on any atom is -0.320 e. The van der Waals surface area contributed by atoms with Crippen LogP contribution in [0.3, 0.4) is 0 Å². The van der Waals surface area contributed by atoms with E-state index < -0.39 is 0 Å². The Morgan fingerprint density at radius 2 is 1.88 bits per heavy atom. The zero-order chi connectivity index (χ0) is 11.5. The normalized spacial score (nSPS) is 12.4. The second-order valence-electron chi connectivity index (χ2n) is 4.06. The number of aromatic nitrogens is 1. The SMILES string of the molecule is Cc1cc(C(N)c2ccccc2C)ccn1. The summed E-state index contributed by atoms with van der Waals surface area (Å²) >= 11 is 0. The number of pyridine rings is 1. The first kappa shape index (κ1) is 10.8. The van der Waals surface area contributed by atoms with Gasteiger partial charge in [-0.1, -0.05) is 24.3 Å². The molecule has 2 heteroatoms. The first-order chi connectivity index (χ1) is 7.68. The van der Waals surface area contributed by atoms with Gasteiger partial charge in [0.05, 0.1) is 6.04 Å². The van der Waals surface area contributed by atoms with Crippen molar-refractivity contribution in [1.29, 1.82) is 0 Å². The summed E-state index contributed by atoms with van der Waals surface area (Å²) in [6, 6.07) is 12.2. The van der Waals surface area contributed by atoms with Crippen molar-refractivity contribution in [2.24, 2.45) is 5.73 Å². The Morgan fingerprint density at radius 1 is 1.12 bits per heavy atom. The number of hydrogen-bond acceptors (Lipinski definition) is 2. The third-order valence-corrected chi connectivity index (χ3v) is 2.80. The molecular weight excluding hydrogens is 196 g/mol. The maximum absolute atomic E-state index is 6.26. The fourth-order valence-corrected chi connectivity index (χ4v) is 1.88. The molecule has 2 aromatic rings. The first-order valence-corrected chi connectivity index (χ1v) is 5.42. The van der Waals surface area contributed by atoms with Gasteiger partial charge in [0, 0.05) is 11.9 Å². The Morgan fingerprint density at radius 3 is 2.56 bits per heavy atom. The van der Waals surface area contributed by atoms with Crippen LogP contribution < -0.4 is 5.73 Å². The molecule has 1 aromatic heterocycles. The topological polar surface area (TPSA) is 38.9 Å². The van der Waals surface area contributed by atoms with Crippen LogP contribution in [-0.4, -0.2) is 4.98 Å². The highest BCUT2D eigenvalue weighted by atomic mass is 14.7. The van der Waals surface area contributed by atoms with Crippen molar-refractivity contribution in [2.75, 3.05) is 0 Å². The van der Waals surface area contributed by atoms with Crippen molar-refractivity contribution in [3.63, 3.8) is 0 Å². The molecule has 0 aliphatic carbocycles. The second-order valence-corrected chi connectivity index (χ2v) is 4.06. The van der Waals surface area contributed by atoms with Gasteiger partial charge in [-0.15, -0.1) is 0 Å². The standard InChI is InChI=1S/C14H16N2/c1-10-5-3-4-6-13(10)14(15)12-7-8-16-11(2)9-12/h3-9,14H,15H2,1-2H3. The Kier molecular flexibility index (Phi) is 3.02. The van der Waals surface area contributed by atoms with E-state index in [1.54, 1.807) is 0 Å². The predicted octanol–water partition coefficient (Wildman–Crippen LogP) is 2.75. The molecule has 0 aliphatic rings. The molecule has 0 amide bonds. The van der Waals surface area contributed by atoms with Gasteiger partial charge in [0.25, 0.3) is 0 Å². The highest BCUT2D eigenvalue weighted by Gasteiger charge is 2.10. The van der Waals surface area contributed by atoms with Gasteiger partial charge in [-0.05, 0) is 42.7 Å². The molecule has 2 rings (SSSR count). The van der Waals surface area contributed by atoms with Gasteiger partial charge in [-0.3, -0.25) is 4.98 Å². The molecule has 82 valence electrons. The van der Waals surface area contributed by atoms with E-state index in [9.17, 15) is 0 Å². The van der Waals surface area contributed by atoms with Crippen molar-refractivity contribution < 1.29 is 0 Å². The molecule has 2 N–H and O–H groups in total. The van der Waals surface area contributed by atoms with Gasteiger partial charge in [-0.25, -0.2) is 0 Å². The molecule has 0 saturated heterocycles. The average Bonchev–Trinajstić information content (AvgIpc) is 2.29. The lowest BCUT2D eigenvalue weighted by Crippen LogP contribution is -2.13. The van der Waals surface area contributed by atoms with Crippen molar-refractivity contribution in [2.45, 2.75) is 19.9 Å². The molecule has 2 nitrogen and oxygen atoms in total. The number of benzene rings is 1. The van der Waals surface area contributed by atoms with Gasteiger partial charge in [0.2, 0.25) is 0 Å². The van der Waals surface area contributed by atoms with Gasteiger partial charge in [-0.2, -0.15) is 0 Å². The third kappa shape index (κ3) is 2.12. The molecule has 0 bridgehead atoms. The molecule has 0 spiro atoms. The monoisotopic (exact) mass is 212 g/mol. The van der Waals surface area contributed by atoms with Crippen molar-refractivity contribution in [3.8, 4) is 0 Å². The van der Waals surface area contributed by atoms with Crippen LogP contribution in [0.15, 0.2) is 42.6 Å². The summed E-state index contributed by atoms with van der Waals surface area (Å²) in [7, 11) is 0.